The number of rotatable bonds is 2. The molecule has 0 fully saturated rings. The molecule has 0 aliphatic rings. The van der Waals surface area contributed by atoms with Gasteiger partial charge in [-0.2, -0.15) is 0 Å². The molecule has 1 heteroatoms. The Morgan fingerprint density at radius 3 is 1.27 bits per heavy atom. The highest BCUT2D eigenvalue weighted by Crippen LogP contribution is 2.07. The summed E-state index contributed by atoms with van der Waals surface area (Å²) in [7, 11) is 0. The third kappa shape index (κ3) is 43.4. The van der Waals surface area contributed by atoms with Crippen molar-refractivity contribution in [3.63, 3.8) is 0 Å². The zero-order valence-electron chi connectivity index (χ0n) is 20.8. The summed E-state index contributed by atoms with van der Waals surface area (Å²) >= 11 is 0. The number of Topliss-reactive ketones (excluding diaryl/α,β-unsaturated/α-hetero) is 1. The molecule has 0 aliphatic carbocycles. The highest BCUT2D eigenvalue weighted by atomic mass is 16.1. The van der Waals surface area contributed by atoms with Gasteiger partial charge in [0.25, 0.3) is 0 Å². The second-order valence-electron chi connectivity index (χ2n) is 6.12. The topological polar surface area (TPSA) is 17.1 Å². The van der Waals surface area contributed by atoms with Crippen molar-refractivity contribution in [2.75, 3.05) is 0 Å². The third-order valence-electron chi connectivity index (χ3n) is 3.06. The molecule has 158 valence electrons. The summed E-state index contributed by atoms with van der Waals surface area (Å²) < 4.78 is 0. The van der Waals surface area contributed by atoms with E-state index in [4.69, 9.17) is 0 Å². The largest absolute Gasteiger partial charge is 0.300 e. The molecule has 1 nitrogen and oxygen atoms in total. The number of carbonyl (C=O) groups excluding carboxylic acids is 1. The first kappa shape index (κ1) is 35.9. The van der Waals surface area contributed by atoms with E-state index in [2.05, 4.69) is 73.6 Å². The van der Waals surface area contributed by atoms with E-state index in [0.29, 0.717) is 0 Å². The summed E-state index contributed by atoms with van der Waals surface area (Å²) in [5.74, 6) is 1.10. The van der Waals surface area contributed by atoms with Gasteiger partial charge in [0.2, 0.25) is 0 Å². The number of carbonyl (C=O) groups is 1. The third-order valence-corrected chi connectivity index (χ3v) is 3.06. The van der Waals surface area contributed by atoms with E-state index >= 15 is 0 Å². The first-order valence-electron chi connectivity index (χ1n) is 10.7. The molecule has 1 aromatic rings. The first-order chi connectivity index (χ1) is 12.2. The van der Waals surface area contributed by atoms with E-state index in [9.17, 15) is 4.79 Å². The number of aryl methyl sites for hydroxylation is 3. The maximum absolute atomic E-state index is 9.44. The lowest BCUT2D eigenvalue weighted by molar-refractivity contribution is -0.114. The van der Waals surface area contributed by atoms with Gasteiger partial charge in [-0.15, -0.1) is 0 Å². The summed E-state index contributed by atoms with van der Waals surface area (Å²) in [6, 6.07) is 6.50. The van der Waals surface area contributed by atoms with Crippen LogP contribution in [-0.2, 0) is 4.79 Å². The van der Waals surface area contributed by atoms with Crippen molar-refractivity contribution in [1.82, 2.24) is 0 Å². The van der Waals surface area contributed by atoms with Crippen molar-refractivity contribution >= 4 is 5.78 Å². The van der Waals surface area contributed by atoms with Gasteiger partial charge in [-0.3, -0.25) is 0 Å². The highest BCUT2D eigenvalue weighted by molar-refractivity contribution is 5.72. The van der Waals surface area contributed by atoms with Crippen molar-refractivity contribution in [2.24, 2.45) is 5.92 Å². The molecule has 26 heavy (non-hydrogen) atoms. The van der Waals surface area contributed by atoms with Crippen LogP contribution in [0.2, 0.25) is 0 Å². The molecule has 0 N–H and O–H groups in total. The predicted molar refractivity (Wildman–Crippen MR) is 125 cm³/mol. The fraction of sp³-hybridized carbons (Fsp3) is 0.720. The Morgan fingerprint density at radius 1 is 0.808 bits per heavy atom. The van der Waals surface area contributed by atoms with Crippen LogP contribution in [0.3, 0.4) is 0 Å². The number of hydrogen-bond acceptors (Lipinski definition) is 1. The van der Waals surface area contributed by atoms with Crippen molar-refractivity contribution in [3.05, 3.63) is 34.9 Å². The predicted octanol–water partition coefficient (Wildman–Crippen LogP) is 9.12. The van der Waals surface area contributed by atoms with Crippen LogP contribution in [0.25, 0.3) is 0 Å². The lowest BCUT2D eigenvalue weighted by Crippen LogP contribution is -1.85. The highest BCUT2D eigenvalue weighted by Gasteiger charge is 1.89. The second-order valence-corrected chi connectivity index (χ2v) is 6.12. The average Bonchev–Trinajstić information content (AvgIpc) is 2.62. The Balaban J connectivity index is -0.0000000760. The standard InChI is InChI=1S/C9H12.C6H14.C3H6O.C3H8.2C2H6/c1-7-4-5-8(2)9(3)6-7;1-4-6(3)5-2;1-3(2)4;1-3-2;2*1-2/h4-6H,1-3H3;6H,4-5H2,1-3H3;1-2H3;3H2,1-2H3;2*1-2H3. The monoisotopic (exact) mass is 368 g/mol. The maximum atomic E-state index is 9.44. The van der Waals surface area contributed by atoms with E-state index in [1.165, 1.54) is 49.8 Å². The lowest BCUT2D eigenvalue weighted by atomic mass is 10.1. The normalized spacial score (nSPS) is 7.81. The molecule has 0 radical (unpaired) electrons. The van der Waals surface area contributed by atoms with E-state index in [-0.39, 0.29) is 5.78 Å². The Labute approximate surface area is 168 Å². The van der Waals surface area contributed by atoms with Crippen LogP contribution in [0.5, 0.6) is 0 Å². The molecule has 1 rings (SSSR count). The summed E-state index contributed by atoms with van der Waals surface area (Å²) in [5, 5.41) is 0. The van der Waals surface area contributed by atoms with E-state index in [0.717, 1.165) is 5.92 Å². The minimum atomic E-state index is 0.167. The van der Waals surface area contributed by atoms with Crippen LogP contribution in [0.4, 0.5) is 0 Å². The summed E-state index contributed by atoms with van der Waals surface area (Å²) in [5.41, 5.74) is 4.11. The Hall–Kier alpha value is -1.11. The minimum Gasteiger partial charge on any atom is -0.300 e. The van der Waals surface area contributed by atoms with Gasteiger partial charge in [-0.05, 0) is 51.7 Å². The van der Waals surface area contributed by atoms with Crippen molar-refractivity contribution in [1.29, 1.82) is 0 Å². The van der Waals surface area contributed by atoms with Gasteiger partial charge in [0.05, 0.1) is 0 Å². The first-order valence-corrected chi connectivity index (χ1v) is 10.7. The van der Waals surface area contributed by atoms with Gasteiger partial charge in [-0.1, -0.05) is 105 Å². The van der Waals surface area contributed by atoms with Gasteiger partial charge in [0.1, 0.15) is 5.78 Å². The van der Waals surface area contributed by atoms with Gasteiger partial charge in [-0.25, -0.2) is 0 Å². The van der Waals surface area contributed by atoms with Crippen LogP contribution in [-0.4, -0.2) is 5.78 Å². The molecule has 0 atom stereocenters. The van der Waals surface area contributed by atoms with E-state index < -0.39 is 0 Å². The van der Waals surface area contributed by atoms with Gasteiger partial charge in [0, 0.05) is 0 Å². The van der Waals surface area contributed by atoms with Crippen molar-refractivity contribution < 1.29 is 4.79 Å². The van der Waals surface area contributed by atoms with Gasteiger partial charge >= 0.3 is 0 Å². The SMILES string of the molecule is CC.CC.CC(C)=O.CCC.CCC(C)CC.Cc1ccc(C)c(C)c1. The maximum Gasteiger partial charge on any atom is 0.126 e. The fourth-order valence-electron chi connectivity index (χ4n) is 1.18. The molecule has 0 unspecified atom stereocenters. The summed E-state index contributed by atoms with van der Waals surface area (Å²) in [4.78, 5) is 9.44. The molecule has 0 saturated heterocycles. The Bertz CT molecular complexity index is 358. The molecule has 1 aromatic carbocycles. The van der Waals surface area contributed by atoms with Crippen LogP contribution in [0.15, 0.2) is 18.2 Å². The Kier molecular flexibility index (Phi) is 43.7. The molecular formula is C25H52O. The number of hydrogen-bond donors (Lipinski definition) is 0. The van der Waals surface area contributed by atoms with Crippen LogP contribution >= 0.6 is 0 Å². The quantitative estimate of drug-likeness (QED) is 0.508. The van der Waals surface area contributed by atoms with E-state index in [1.54, 1.807) is 0 Å². The number of benzene rings is 1. The zero-order valence-corrected chi connectivity index (χ0v) is 20.8. The smallest absolute Gasteiger partial charge is 0.126 e. The molecule has 0 aliphatic heterocycles. The minimum absolute atomic E-state index is 0.167. The van der Waals surface area contributed by atoms with Crippen LogP contribution in [0.1, 0.15) is 112 Å². The van der Waals surface area contributed by atoms with E-state index in [1.807, 2.05) is 27.7 Å². The van der Waals surface area contributed by atoms with Gasteiger partial charge in [0.15, 0.2) is 0 Å². The summed E-state index contributed by atoms with van der Waals surface area (Å²) in [6.07, 6.45) is 3.91. The second kappa shape index (κ2) is 31.6. The van der Waals surface area contributed by atoms with Crippen molar-refractivity contribution in [2.45, 2.75) is 116 Å². The van der Waals surface area contributed by atoms with Gasteiger partial charge < -0.3 is 4.79 Å². The molecule has 0 aromatic heterocycles. The molecule has 0 amide bonds. The number of ketones is 1. The molecule has 0 spiro atoms. The molecule has 0 bridgehead atoms. The fourth-order valence-corrected chi connectivity index (χ4v) is 1.18. The molecular weight excluding hydrogens is 316 g/mol. The van der Waals surface area contributed by atoms with Crippen molar-refractivity contribution in [3.8, 4) is 0 Å². The summed E-state index contributed by atoms with van der Waals surface area (Å²) in [6.45, 7) is 28.4. The Morgan fingerprint density at radius 2 is 1.12 bits per heavy atom. The molecule has 0 saturated carbocycles. The lowest BCUT2D eigenvalue weighted by Gasteiger charge is -1.98. The molecule has 0 heterocycles. The zero-order chi connectivity index (χ0) is 22.1. The van der Waals surface area contributed by atoms with Crippen LogP contribution in [0, 0.1) is 26.7 Å². The van der Waals surface area contributed by atoms with Crippen LogP contribution < -0.4 is 0 Å². The average molecular weight is 369 g/mol.